The zero-order valence-electron chi connectivity index (χ0n) is 30.6. The van der Waals surface area contributed by atoms with Gasteiger partial charge in [-0.25, -0.2) is 0 Å². The predicted molar refractivity (Wildman–Crippen MR) is 203 cm³/mol. The van der Waals surface area contributed by atoms with Crippen molar-refractivity contribution in [3.05, 3.63) is 42.7 Å². The second-order valence-corrected chi connectivity index (χ2v) is 14.4. The van der Waals surface area contributed by atoms with Crippen molar-refractivity contribution in [3.8, 4) is 0 Å². The molecule has 0 spiro atoms. The molecule has 260 valence electrons. The van der Waals surface area contributed by atoms with Crippen LogP contribution in [0.3, 0.4) is 0 Å². The third-order valence-electron chi connectivity index (χ3n) is 10.3. The Morgan fingerprint density at radius 2 is 0.756 bits per heavy atom. The standard InChI is InChI=1S/C43H78N2/c1-3-5-7-9-11-13-15-17-19-21-23-25-27-29-34-38-43-44(40-41-45(43)42-36-32-31-33-37-42)39-35-30-28-26-24-22-20-18-16-14-12-10-8-6-4-2/h31-33,36-37,40-41,43H,3-30,34-35,38-39H2,1-2H3. The number of hydrogen-bond acceptors (Lipinski definition) is 2. The van der Waals surface area contributed by atoms with E-state index in [1.807, 2.05) is 0 Å². The Hall–Kier alpha value is -1.44. The molecule has 0 saturated carbocycles. The van der Waals surface area contributed by atoms with Gasteiger partial charge in [-0.05, 0) is 31.4 Å². The van der Waals surface area contributed by atoms with E-state index in [-0.39, 0.29) is 0 Å². The van der Waals surface area contributed by atoms with Crippen molar-refractivity contribution in [3.63, 3.8) is 0 Å². The van der Waals surface area contributed by atoms with Crippen LogP contribution in [-0.2, 0) is 0 Å². The molecule has 0 radical (unpaired) electrons. The lowest BCUT2D eigenvalue weighted by atomic mass is 10.0. The van der Waals surface area contributed by atoms with Crippen LogP contribution in [-0.4, -0.2) is 17.6 Å². The first-order valence-electron chi connectivity index (χ1n) is 20.6. The number of benzene rings is 1. The first-order chi connectivity index (χ1) is 22.4. The third kappa shape index (κ3) is 21.1. The third-order valence-corrected chi connectivity index (χ3v) is 10.3. The minimum absolute atomic E-state index is 0.501. The molecule has 0 bridgehead atoms. The van der Waals surface area contributed by atoms with Crippen LogP contribution in [0.15, 0.2) is 42.7 Å². The van der Waals surface area contributed by atoms with Gasteiger partial charge in [0, 0.05) is 24.6 Å². The molecule has 2 heteroatoms. The predicted octanol–water partition coefficient (Wildman–Crippen LogP) is 14.7. The van der Waals surface area contributed by atoms with Crippen molar-refractivity contribution in [2.24, 2.45) is 0 Å². The van der Waals surface area contributed by atoms with Crippen LogP contribution in [0.1, 0.15) is 213 Å². The molecule has 1 unspecified atom stereocenters. The lowest BCUT2D eigenvalue weighted by Gasteiger charge is -2.33. The SMILES string of the molecule is CCCCCCCCCCCCCCCCCC1N(CCCCCCCCCCCCCCCCC)C=CN1c1ccccc1. The number of nitrogens with zero attached hydrogens (tertiary/aromatic N) is 2. The lowest BCUT2D eigenvalue weighted by Crippen LogP contribution is -2.39. The molecule has 1 aromatic carbocycles. The van der Waals surface area contributed by atoms with Crippen molar-refractivity contribution in [2.45, 2.75) is 219 Å². The summed E-state index contributed by atoms with van der Waals surface area (Å²) in [6.45, 7) is 5.83. The van der Waals surface area contributed by atoms with Gasteiger partial charge in [0.05, 0.1) is 0 Å². The van der Waals surface area contributed by atoms with E-state index in [0.717, 1.165) is 0 Å². The van der Waals surface area contributed by atoms with Gasteiger partial charge in [0.15, 0.2) is 0 Å². The second-order valence-electron chi connectivity index (χ2n) is 14.4. The molecule has 1 atom stereocenters. The fourth-order valence-corrected chi connectivity index (χ4v) is 7.27. The summed E-state index contributed by atoms with van der Waals surface area (Å²) in [5.74, 6) is 0. The molecule has 0 amide bonds. The molecular formula is C43H78N2. The first kappa shape index (κ1) is 39.7. The fourth-order valence-electron chi connectivity index (χ4n) is 7.27. The highest BCUT2D eigenvalue weighted by Gasteiger charge is 2.26. The summed E-state index contributed by atoms with van der Waals surface area (Å²) < 4.78 is 0. The Kier molecular flexibility index (Phi) is 26.4. The van der Waals surface area contributed by atoms with Gasteiger partial charge in [-0.2, -0.15) is 0 Å². The molecule has 0 aromatic heterocycles. The second kappa shape index (κ2) is 29.9. The van der Waals surface area contributed by atoms with Gasteiger partial charge in [0.25, 0.3) is 0 Å². The highest BCUT2D eigenvalue weighted by atomic mass is 15.4. The van der Waals surface area contributed by atoms with Crippen LogP contribution >= 0.6 is 0 Å². The molecule has 1 aromatic rings. The van der Waals surface area contributed by atoms with E-state index in [9.17, 15) is 0 Å². The molecule has 0 saturated heterocycles. The fraction of sp³-hybridized carbons (Fsp3) is 0.814. The minimum atomic E-state index is 0.501. The molecule has 0 fully saturated rings. The quantitative estimate of drug-likeness (QED) is 0.0720. The monoisotopic (exact) mass is 623 g/mol. The van der Waals surface area contributed by atoms with Gasteiger partial charge in [0.1, 0.15) is 6.17 Å². The zero-order chi connectivity index (χ0) is 31.9. The summed E-state index contributed by atoms with van der Waals surface area (Å²) in [6.07, 6.45) is 49.6. The van der Waals surface area contributed by atoms with Crippen LogP contribution in [0.25, 0.3) is 0 Å². The summed E-state index contributed by atoms with van der Waals surface area (Å²) in [5, 5.41) is 0. The van der Waals surface area contributed by atoms with Crippen molar-refractivity contribution < 1.29 is 0 Å². The highest BCUT2D eigenvalue weighted by Crippen LogP contribution is 2.28. The van der Waals surface area contributed by atoms with Crippen LogP contribution in [0.5, 0.6) is 0 Å². The number of hydrogen-bond donors (Lipinski definition) is 0. The van der Waals surface area contributed by atoms with Crippen LogP contribution in [0, 0.1) is 0 Å². The normalized spacial score (nSPS) is 14.7. The Bertz CT molecular complexity index is 758. The van der Waals surface area contributed by atoms with Gasteiger partial charge >= 0.3 is 0 Å². The van der Waals surface area contributed by atoms with E-state index in [0.29, 0.717) is 6.17 Å². The van der Waals surface area contributed by atoms with E-state index >= 15 is 0 Å². The topological polar surface area (TPSA) is 6.48 Å². The Morgan fingerprint density at radius 1 is 0.400 bits per heavy atom. The molecule has 2 nitrogen and oxygen atoms in total. The summed E-state index contributed by atoms with van der Waals surface area (Å²) in [6, 6.07) is 11.1. The molecule has 45 heavy (non-hydrogen) atoms. The Balaban J connectivity index is 1.50. The van der Waals surface area contributed by atoms with Gasteiger partial charge in [-0.15, -0.1) is 0 Å². The Morgan fingerprint density at radius 3 is 1.16 bits per heavy atom. The van der Waals surface area contributed by atoms with E-state index in [4.69, 9.17) is 0 Å². The van der Waals surface area contributed by atoms with Crippen LogP contribution < -0.4 is 4.90 Å². The van der Waals surface area contributed by atoms with Crippen molar-refractivity contribution in [1.29, 1.82) is 0 Å². The molecule has 0 N–H and O–H groups in total. The average molecular weight is 623 g/mol. The van der Waals surface area contributed by atoms with E-state index < -0.39 is 0 Å². The average Bonchev–Trinajstić information content (AvgIpc) is 3.47. The molecular weight excluding hydrogens is 544 g/mol. The Labute approximate surface area is 283 Å². The number of rotatable bonds is 33. The minimum Gasteiger partial charge on any atom is -0.356 e. The summed E-state index contributed by atoms with van der Waals surface area (Å²) in [5.41, 5.74) is 1.35. The summed E-state index contributed by atoms with van der Waals surface area (Å²) in [4.78, 5) is 5.19. The van der Waals surface area contributed by atoms with Crippen molar-refractivity contribution in [1.82, 2.24) is 4.90 Å². The number of unbranched alkanes of at least 4 members (excludes halogenated alkanes) is 28. The molecule has 2 rings (SSSR count). The summed E-state index contributed by atoms with van der Waals surface area (Å²) in [7, 11) is 0. The van der Waals surface area contributed by atoms with Gasteiger partial charge < -0.3 is 9.80 Å². The van der Waals surface area contributed by atoms with Crippen LogP contribution in [0.2, 0.25) is 0 Å². The van der Waals surface area contributed by atoms with Crippen LogP contribution in [0.4, 0.5) is 5.69 Å². The maximum Gasteiger partial charge on any atom is 0.105 e. The molecule has 1 aliphatic heterocycles. The van der Waals surface area contributed by atoms with Gasteiger partial charge in [0.2, 0.25) is 0 Å². The largest absolute Gasteiger partial charge is 0.356 e. The maximum atomic E-state index is 2.65. The smallest absolute Gasteiger partial charge is 0.105 e. The molecule has 1 heterocycles. The maximum absolute atomic E-state index is 2.65. The highest BCUT2D eigenvalue weighted by molar-refractivity contribution is 5.51. The van der Waals surface area contributed by atoms with Gasteiger partial charge in [-0.1, -0.05) is 212 Å². The molecule has 0 aliphatic carbocycles. The molecule has 1 aliphatic rings. The number of para-hydroxylation sites is 1. The van der Waals surface area contributed by atoms with E-state index in [1.54, 1.807) is 0 Å². The number of anilines is 1. The van der Waals surface area contributed by atoms with E-state index in [1.165, 1.54) is 211 Å². The van der Waals surface area contributed by atoms with Crippen molar-refractivity contribution >= 4 is 5.69 Å². The van der Waals surface area contributed by atoms with E-state index in [2.05, 4.69) is 66.4 Å². The van der Waals surface area contributed by atoms with Gasteiger partial charge in [-0.3, -0.25) is 0 Å². The van der Waals surface area contributed by atoms with Crippen molar-refractivity contribution in [2.75, 3.05) is 11.4 Å². The lowest BCUT2D eigenvalue weighted by molar-refractivity contribution is 0.273. The zero-order valence-corrected chi connectivity index (χ0v) is 30.6. The first-order valence-corrected chi connectivity index (χ1v) is 20.6. The summed E-state index contributed by atoms with van der Waals surface area (Å²) >= 11 is 0.